The monoisotopic (exact) mass is 668 g/mol. The first-order valence-corrected chi connectivity index (χ1v) is 37.1. The van der Waals surface area contributed by atoms with Gasteiger partial charge in [0.05, 0.1) is 16.1 Å². The molecular formula is C28H59Cl3Si6. The smallest absolute Gasteiger partial charge is 0.161 e. The van der Waals surface area contributed by atoms with Crippen molar-refractivity contribution in [3.63, 3.8) is 0 Å². The van der Waals surface area contributed by atoms with Gasteiger partial charge in [0.25, 0.3) is 6.69 Å². The summed E-state index contributed by atoms with van der Waals surface area (Å²) in [7, 11) is -5.52. The maximum Gasteiger partial charge on any atom is 0.251 e. The summed E-state index contributed by atoms with van der Waals surface area (Å²) in [5.41, 5.74) is 3.00. The molecule has 1 saturated carbocycles. The van der Waals surface area contributed by atoms with Crippen LogP contribution in [-0.4, -0.2) is 46.4 Å². The molecule has 0 amide bonds. The van der Waals surface area contributed by atoms with Crippen molar-refractivity contribution in [2.75, 3.05) is 0 Å². The Morgan fingerprint density at radius 1 is 0.649 bits per heavy atom. The molecule has 3 fully saturated rings. The molecule has 216 valence electrons. The fourth-order valence-electron chi connectivity index (χ4n) is 5.94. The van der Waals surface area contributed by atoms with Crippen molar-refractivity contribution in [3.05, 3.63) is 22.5 Å². The lowest BCUT2D eigenvalue weighted by Gasteiger charge is -2.40. The zero-order valence-corrected chi connectivity index (χ0v) is 34.7. The summed E-state index contributed by atoms with van der Waals surface area (Å²) in [6.45, 7) is 28.7. The van der Waals surface area contributed by atoms with E-state index in [0.29, 0.717) is 0 Å². The molecule has 0 N–H and O–H groups in total. The van der Waals surface area contributed by atoms with Gasteiger partial charge in [-0.05, 0) is 40.8 Å². The van der Waals surface area contributed by atoms with Crippen LogP contribution < -0.4 is 0 Å². The minimum Gasteiger partial charge on any atom is -0.161 e. The van der Waals surface area contributed by atoms with Crippen molar-refractivity contribution in [2.45, 2.75) is 151 Å². The molecule has 0 spiro atoms. The van der Waals surface area contributed by atoms with Gasteiger partial charge in [-0.1, -0.05) is 133 Å². The molecular weight excluding hydrogens is 611 g/mol. The first-order chi connectivity index (χ1) is 16.5. The van der Waals surface area contributed by atoms with Crippen LogP contribution in [0.3, 0.4) is 0 Å². The van der Waals surface area contributed by atoms with Crippen LogP contribution in [0.2, 0.25) is 119 Å². The Hall–Kier alpha value is 1.65. The highest BCUT2D eigenvalue weighted by Gasteiger charge is 2.49. The van der Waals surface area contributed by atoms with E-state index in [9.17, 15) is 0 Å². The third-order valence-corrected chi connectivity index (χ3v) is 30.1. The van der Waals surface area contributed by atoms with Gasteiger partial charge in [-0.3, -0.25) is 0 Å². The molecule has 2 heterocycles. The second-order valence-corrected chi connectivity index (χ2v) is 51.6. The molecule has 2 aliphatic heterocycles. The Balaban J connectivity index is 0.000000220. The molecule has 0 nitrogen and oxygen atoms in total. The molecule has 0 bridgehead atoms. The van der Waals surface area contributed by atoms with Crippen LogP contribution in [0, 0.1) is 0 Å². The molecule has 9 heteroatoms. The standard InChI is InChI=1S/C14H27ClSi3.C11H26Si2.C3H6Cl2Si/c1-16(2,3)12-10-13(17(4,5)6)14(11-12)18(15)8-7-9-18;1-12(2,3)10-7-8-11(9-10)13(4,5)6;4-6(5)2-1-3-6/h10-11,13H,7-9H2,1-6H3;10-11H,7-9H2,1-6H3;1-3H2. The van der Waals surface area contributed by atoms with Gasteiger partial charge in [0.2, 0.25) is 0 Å². The van der Waals surface area contributed by atoms with Gasteiger partial charge < -0.3 is 0 Å². The lowest BCUT2D eigenvalue weighted by molar-refractivity contribution is 0.827. The molecule has 0 aromatic heterocycles. The number of hydrogen-bond donors (Lipinski definition) is 0. The van der Waals surface area contributed by atoms with Gasteiger partial charge in [0.15, 0.2) is 7.38 Å². The van der Waals surface area contributed by atoms with Crippen molar-refractivity contribution < 1.29 is 0 Å². The summed E-state index contributed by atoms with van der Waals surface area (Å²) < 4.78 is 0. The average molecular weight is 671 g/mol. The zero-order chi connectivity index (χ0) is 28.7. The SMILES string of the molecule is C[Si](C)(C)C1=CC([Si](C)(C)C)C([Si]2(Cl)CCC2)=C1.C[Si](C)(C)C1CCC([Si](C)(C)C)C1.Cl[Si]1(Cl)CCC1. The number of rotatable bonds is 5. The fourth-order valence-corrected chi connectivity index (χ4v) is 22.3. The quantitative estimate of drug-likeness (QED) is 0.202. The van der Waals surface area contributed by atoms with E-state index in [1.54, 1.807) is 29.7 Å². The van der Waals surface area contributed by atoms with Crippen molar-refractivity contribution in [3.8, 4) is 0 Å². The van der Waals surface area contributed by atoms with E-state index in [-0.39, 0.29) is 0 Å². The molecule has 2 aliphatic carbocycles. The molecule has 4 rings (SSSR count). The van der Waals surface area contributed by atoms with Gasteiger partial charge in [0, 0.05) is 16.1 Å². The molecule has 3 unspecified atom stereocenters. The fraction of sp³-hybridized carbons (Fsp3) is 0.857. The Kier molecular flexibility index (Phi) is 11.8. The predicted molar refractivity (Wildman–Crippen MR) is 192 cm³/mol. The largest absolute Gasteiger partial charge is 0.251 e. The third kappa shape index (κ3) is 10.2. The van der Waals surface area contributed by atoms with E-state index >= 15 is 0 Å². The second kappa shape index (κ2) is 12.5. The van der Waals surface area contributed by atoms with E-state index in [0.717, 1.165) is 28.7 Å². The van der Waals surface area contributed by atoms with E-state index in [4.69, 9.17) is 33.2 Å². The van der Waals surface area contributed by atoms with Crippen LogP contribution >= 0.6 is 33.2 Å². The summed E-state index contributed by atoms with van der Waals surface area (Å²) in [6.07, 6.45) is 12.5. The molecule has 4 aliphatic rings. The molecule has 0 radical (unpaired) electrons. The van der Waals surface area contributed by atoms with E-state index in [1.807, 2.05) is 0 Å². The lowest BCUT2D eigenvalue weighted by Crippen LogP contribution is -2.43. The van der Waals surface area contributed by atoms with Crippen LogP contribution in [-0.2, 0) is 0 Å². The van der Waals surface area contributed by atoms with Crippen molar-refractivity contribution in [2.24, 2.45) is 0 Å². The van der Waals surface area contributed by atoms with E-state index in [2.05, 4.69) is 90.7 Å². The van der Waals surface area contributed by atoms with Crippen LogP contribution in [0.15, 0.2) is 22.5 Å². The summed E-state index contributed by atoms with van der Waals surface area (Å²) in [5.74, 6) is 0. The Morgan fingerprint density at radius 2 is 1.05 bits per heavy atom. The second-order valence-electron chi connectivity index (χ2n) is 16.8. The Morgan fingerprint density at radius 3 is 1.27 bits per heavy atom. The zero-order valence-electron chi connectivity index (χ0n) is 26.4. The van der Waals surface area contributed by atoms with Gasteiger partial charge in [-0.25, -0.2) is 0 Å². The highest BCUT2D eigenvalue weighted by molar-refractivity contribution is 7.46. The number of allylic oxidation sites excluding steroid dienone is 4. The number of hydrogen-bond acceptors (Lipinski definition) is 0. The normalized spacial score (nSPS) is 29.0. The predicted octanol–water partition coefficient (Wildman–Crippen LogP) is 12.5. The van der Waals surface area contributed by atoms with Gasteiger partial charge in [-0.2, -0.15) is 11.1 Å². The minimum absolute atomic E-state index is 0.740. The summed E-state index contributed by atoms with van der Waals surface area (Å²) >= 11 is 18.4. The van der Waals surface area contributed by atoms with Crippen LogP contribution in [0.5, 0.6) is 0 Å². The minimum atomic E-state index is -1.52. The average Bonchev–Trinajstić information content (AvgIpc) is 3.32. The van der Waals surface area contributed by atoms with Crippen LogP contribution in [0.25, 0.3) is 0 Å². The molecule has 3 atom stereocenters. The van der Waals surface area contributed by atoms with E-state index < -0.39 is 46.4 Å². The Bertz CT molecular complexity index is 810. The summed E-state index contributed by atoms with van der Waals surface area (Å²) in [6, 6.07) is 4.90. The molecule has 2 saturated heterocycles. The maximum atomic E-state index is 7.00. The summed E-state index contributed by atoms with van der Waals surface area (Å²) in [5, 5.41) is 3.39. The van der Waals surface area contributed by atoms with Gasteiger partial charge >= 0.3 is 0 Å². The molecule has 37 heavy (non-hydrogen) atoms. The highest BCUT2D eigenvalue weighted by atomic mass is 35.7. The maximum absolute atomic E-state index is 7.00. The first-order valence-electron chi connectivity index (χ1n) is 15.0. The molecule has 0 aromatic rings. The third-order valence-electron chi connectivity index (χ3n) is 9.42. The van der Waals surface area contributed by atoms with Gasteiger partial charge in [-0.15, -0.1) is 22.2 Å². The van der Waals surface area contributed by atoms with Crippen molar-refractivity contribution in [1.29, 1.82) is 0 Å². The van der Waals surface area contributed by atoms with E-state index in [1.165, 1.54) is 24.9 Å². The molecule has 0 aromatic carbocycles. The Labute approximate surface area is 252 Å². The lowest BCUT2D eigenvalue weighted by atomic mass is 10.4. The van der Waals surface area contributed by atoms with Crippen molar-refractivity contribution >= 4 is 79.6 Å². The van der Waals surface area contributed by atoms with Crippen molar-refractivity contribution in [1.82, 2.24) is 0 Å². The van der Waals surface area contributed by atoms with Crippen LogP contribution in [0.1, 0.15) is 32.1 Å². The highest BCUT2D eigenvalue weighted by Crippen LogP contribution is 2.52. The topological polar surface area (TPSA) is 0 Å². The van der Waals surface area contributed by atoms with Gasteiger partial charge in [0.1, 0.15) is 0 Å². The summed E-state index contributed by atoms with van der Waals surface area (Å²) in [4.78, 5) is 0. The van der Waals surface area contributed by atoms with Crippen LogP contribution in [0.4, 0.5) is 0 Å². The number of halogens is 3. The first kappa shape index (κ1) is 34.9.